The van der Waals surface area contributed by atoms with Gasteiger partial charge in [-0.1, -0.05) is 0 Å². The highest BCUT2D eigenvalue weighted by atomic mass is 16.5. The molecule has 0 N–H and O–H groups in total. The molecule has 0 aliphatic carbocycles. The monoisotopic (exact) mass is 549 g/mol. The number of hydrogen-bond donors (Lipinski definition) is 0. The van der Waals surface area contributed by atoms with Crippen molar-refractivity contribution in [1.82, 2.24) is 4.57 Å². The Hall–Kier alpha value is -5.31. The molecule has 2 aliphatic rings. The van der Waals surface area contributed by atoms with Crippen molar-refractivity contribution in [2.24, 2.45) is 7.05 Å². The maximum atomic E-state index is 13.7. The SMILES string of the molecule is COc1ccc2c(c1)c(C=C1Oc3c(ccc4c3C(c3coc5ccc(OC)cc5c3=O)CC(=O)O4)C1=O)cn2C. The lowest BCUT2D eigenvalue weighted by molar-refractivity contribution is -0.135. The molecule has 2 aliphatic heterocycles. The molecular formula is C32H23NO8. The van der Waals surface area contributed by atoms with Gasteiger partial charge < -0.3 is 27.9 Å². The number of allylic oxidation sites excluding steroid dienone is 1. The van der Waals surface area contributed by atoms with Gasteiger partial charge in [-0.25, -0.2) is 0 Å². The summed E-state index contributed by atoms with van der Waals surface area (Å²) < 4.78 is 30.2. The fraction of sp³-hybridized carbons (Fsp3) is 0.156. The Kier molecular flexibility index (Phi) is 5.50. The lowest BCUT2D eigenvalue weighted by atomic mass is 9.85. The molecule has 0 saturated heterocycles. The molecular weight excluding hydrogens is 526 g/mol. The summed E-state index contributed by atoms with van der Waals surface area (Å²) in [6.45, 7) is 0. The number of ketones is 1. The third kappa shape index (κ3) is 3.81. The average molecular weight is 550 g/mol. The second kappa shape index (κ2) is 9.12. The second-order valence-electron chi connectivity index (χ2n) is 9.99. The molecule has 0 saturated carbocycles. The molecule has 9 nitrogen and oxygen atoms in total. The van der Waals surface area contributed by atoms with Gasteiger partial charge >= 0.3 is 5.97 Å². The Morgan fingerprint density at radius 2 is 1.68 bits per heavy atom. The van der Waals surface area contributed by atoms with Crippen LogP contribution in [0, 0.1) is 0 Å². The number of nitrogens with zero attached hydrogens (tertiary/aromatic N) is 1. The fourth-order valence-corrected chi connectivity index (χ4v) is 5.65. The molecule has 2 aromatic heterocycles. The van der Waals surface area contributed by atoms with Crippen molar-refractivity contribution < 1.29 is 33.0 Å². The van der Waals surface area contributed by atoms with Crippen LogP contribution >= 0.6 is 0 Å². The molecule has 41 heavy (non-hydrogen) atoms. The highest BCUT2D eigenvalue weighted by Crippen LogP contribution is 2.48. The minimum atomic E-state index is -0.748. The first-order chi connectivity index (χ1) is 19.9. The number of rotatable bonds is 4. The molecule has 0 amide bonds. The van der Waals surface area contributed by atoms with Crippen LogP contribution in [-0.4, -0.2) is 30.5 Å². The third-order valence-electron chi connectivity index (χ3n) is 7.68. The molecule has 1 unspecified atom stereocenters. The first-order valence-electron chi connectivity index (χ1n) is 12.9. The van der Waals surface area contributed by atoms with E-state index in [0.29, 0.717) is 33.6 Å². The number of fused-ring (bicyclic) bond motifs is 5. The Bertz CT molecular complexity index is 2030. The summed E-state index contributed by atoms with van der Waals surface area (Å²) in [7, 11) is 5.03. The van der Waals surface area contributed by atoms with Crippen molar-refractivity contribution in [3.63, 3.8) is 0 Å². The molecule has 0 bridgehead atoms. The zero-order chi connectivity index (χ0) is 28.4. The maximum absolute atomic E-state index is 13.7. The number of carbonyl (C=O) groups excluding carboxylic acids is 2. The van der Waals surface area contributed by atoms with Crippen LogP contribution in [-0.2, 0) is 11.8 Å². The number of aromatic nitrogens is 1. The maximum Gasteiger partial charge on any atom is 0.312 e. The largest absolute Gasteiger partial charge is 0.497 e. The van der Waals surface area contributed by atoms with E-state index in [9.17, 15) is 14.4 Å². The predicted molar refractivity (Wildman–Crippen MR) is 150 cm³/mol. The van der Waals surface area contributed by atoms with Crippen molar-refractivity contribution in [3.8, 4) is 23.0 Å². The molecule has 1 atom stereocenters. The van der Waals surface area contributed by atoms with E-state index in [2.05, 4.69) is 0 Å². The van der Waals surface area contributed by atoms with Gasteiger partial charge in [0.2, 0.25) is 5.78 Å². The quantitative estimate of drug-likeness (QED) is 0.168. The minimum absolute atomic E-state index is 0.120. The summed E-state index contributed by atoms with van der Waals surface area (Å²) in [6.07, 6.45) is 4.84. The highest BCUT2D eigenvalue weighted by molar-refractivity contribution is 6.16. The summed E-state index contributed by atoms with van der Waals surface area (Å²) in [5.41, 5.74) is 2.85. The number of benzene rings is 3. The van der Waals surface area contributed by atoms with Crippen molar-refractivity contribution in [2.75, 3.05) is 14.2 Å². The van der Waals surface area contributed by atoms with Gasteiger partial charge in [-0.15, -0.1) is 0 Å². The van der Waals surface area contributed by atoms with Gasteiger partial charge in [0.25, 0.3) is 0 Å². The van der Waals surface area contributed by atoms with E-state index in [4.69, 9.17) is 23.4 Å². The number of aryl methyl sites for hydroxylation is 1. The van der Waals surface area contributed by atoms with Crippen molar-refractivity contribution in [2.45, 2.75) is 12.3 Å². The zero-order valence-corrected chi connectivity index (χ0v) is 22.3. The molecule has 0 radical (unpaired) electrons. The lowest BCUT2D eigenvalue weighted by Crippen LogP contribution is -2.25. The van der Waals surface area contributed by atoms with Crippen molar-refractivity contribution in [3.05, 3.63) is 99.2 Å². The van der Waals surface area contributed by atoms with Crippen LogP contribution in [0.2, 0.25) is 0 Å². The van der Waals surface area contributed by atoms with Crippen LogP contribution in [0.15, 0.2) is 76.0 Å². The van der Waals surface area contributed by atoms with E-state index in [0.717, 1.165) is 16.5 Å². The van der Waals surface area contributed by atoms with E-state index in [-0.39, 0.29) is 40.5 Å². The van der Waals surface area contributed by atoms with E-state index in [1.807, 2.05) is 36.0 Å². The lowest BCUT2D eigenvalue weighted by Gasteiger charge is -2.25. The number of Topliss-reactive ketones (excluding diaryl/α,β-unsaturated/α-hetero) is 1. The number of carbonyl (C=O) groups is 2. The van der Waals surface area contributed by atoms with E-state index >= 15 is 0 Å². The molecule has 5 aromatic rings. The zero-order valence-electron chi connectivity index (χ0n) is 22.3. The Labute approximate surface area is 233 Å². The topological polar surface area (TPSA) is 106 Å². The van der Waals surface area contributed by atoms with Gasteiger partial charge in [0.1, 0.15) is 28.6 Å². The summed E-state index contributed by atoms with van der Waals surface area (Å²) in [4.78, 5) is 39.8. The smallest absolute Gasteiger partial charge is 0.312 e. The Morgan fingerprint density at radius 3 is 2.46 bits per heavy atom. The molecule has 4 heterocycles. The number of esters is 1. The summed E-state index contributed by atoms with van der Waals surface area (Å²) in [5.74, 6) is 0.248. The highest BCUT2D eigenvalue weighted by Gasteiger charge is 2.39. The molecule has 9 heteroatoms. The van der Waals surface area contributed by atoms with Gasteiger partial charge in [0, 0.05) is 46.8 Å². The number of hydrogen-bond acceptors (Lipinski definition) is 8. The van der Waals surface area contributed by atoms with Crippen LogP contribution in [0.3, 0.4) is 0 Å². The van der Waals surface area contributed by atoms with Gasteiger partial charge in [-0.2, -0.15) is 0 Å². The van der Waals surface area contributed by atoms with Gasteiger partial charge in [-0.05, 0) is 54.6 Å². The Morgan fingerprint density at radius 1 is 0.927 bits per heavy atom. The average Bonchev–Trinajstić information content (AvgIpc) is 3.47. The van der Waals surface area contributed by atoms with E-state index in [1.165, 1.54) is 13.4 Å². The minimum Gasteiger partial charge on any atom is -0.497 e. The van der Waals surface area contributed by atoms with E-state index < -0.39 is 11.9 Å². The Balaban J connectivity index is 1.36. The van der Waals surface area contributed by atoms with Gasteiger partial charge in [0.05, 0.1) is 37.9 Å². The fourth-order valence-electron chi connectivity index (χ4n) is 5.65. The second-order valence-corrected chi connectivity index (χ2v) is 9.99. The standard InChI is InChI=1S/C32H23NO8/c1-33-14-16(20-11-17(37-2)4-7-24(20)33)10-27-31(36)19-6-9-26-29(32(19)41-27)21(13-28(34)40-26)23-15-39-25-8-5-18(38-3)12-22(25)30(23)35/h4-12,14-15,21H,13H2,1-3H3. The number of ether oxygens (including phenoxy) is 4. The first kappa shape index (κ1) is 24.7. The molecule has 7 rings (SSSR count). The third-order valence-corrected chi connectivity index (χ3v) is 7.68. The van der Waals surface area contributed by atoms with Crippen LogP contribution < -0.4 is 24.4 Å². The van der Waals surface area contributed by atoms with Crippen molar-refractivity contribution in [1.29, 1.82) is 0 Å². The van der Waals surface area contributed by atoms with Crippen molar-refractivity contribution >= 4 is 39.7 Å². The molecule has 0 spiro atoms. The van der Waals surface area contributed by atoms with Gasteiger partial charge in [0.15, 0.2) is 11.2 Å². The predicted octanol–water partition coefficient (Wildman–Crippen LogP) is 5.36. The van der Waals surface area contributed by atoms with Crippen LogP contribution in [0.5, 0.6) is 23.0 Å². The number of methoxy groups -OCH3 is 2. The summed E-state index contributed by atoms with van der Waals surface area (Å²) in [5, 5.41) is 1.21. The first-order valence-corrected chi connectivity index (χ1v) is 12.9. The summed E-state index contributed by atoms with van der Waals surface area (Å²) in [6, 6.07) is 13.8. The van der Waals surface area contributed by atoms with Crippen LogP contribution in [0.1, 0.15) is 39.4 Å². The normalized spacial score (nSPS) is 17.0. The van der Waals surface area contributed by atoms with E-state index in [1.54, 1.807) is 43.5 Å². The molecule has 204 valence electrons. The molecule has 0 fully saturated rings. The van der Waals surface area contributed by atoms with Gasteiger partial charge in [-0.3, -0.25) is 14.4 Å². The molecule has 3 aromatic carbocycles. The van der Waals surface area contributed by atoms with Crippen LogP contribution in [0.25, 0.3) is 27.9 Å². The van der Waals surface area contributed by atoms with Crippen LogP contribution in [0.4, 0.5) is 0 Å². The summed E-state index contributed by atoms with van der Waals surface area (Å²) >= 11 is 0.